The van der Waals surface area contributed by atoms with E-state index in [0.717, 1.165) is 12.8 Å². The number of rotatable bonds is 6. The van der Waals surface area contributed by atoms with Gasteiger partial charge in [0.15, 0.2) is 0 Å². The van der Waals surface area contributed by atoms with Crippen molar-refractivity contribution in [2.75, 3.05) is 20.3 Å². The lowest BCUT2D eigenvalue weighted by Crippen LogP contribution is -2.25. The fourth-order valence-electron chi connectivity index (χ4n) is 0.910. The Hall–Kier alpha value is -1.50. The van der Waals surface area contributed by atoms with Crippen LogP contribution in [0, 0.1) is 0 Å². The first-order valence-electron chi connectivity index (χ1n) is 4.35. The van der Waals surface area contributed by atoms with Crippen LogP contribution in [0.3, 0.4) is 0 Å². The molecule has 1 aromatic rings. The van der Waals surface area contributed by atoms with Gasteiger partial charge >= 0.3 is 0 Å². The quantitative estimate of drug-likeness (QED) is 0.594. The normalized spacial score (nSPS) is 10.1. The van der Waals surface area contributed by atoms with Crippen LogP contribution in [0.5, 0.6) is 0 Å². The van der Waals surface area contributed by atoms with Crippen LogP contribution in [0.15, 0.2) is 0 Å². The van der Waals surface area contributed by atoms with E-state index in [9.17, 15) is 4.79 Å². The van der Waals surface area contributed by atoms with Gasteiger partial charge in [-0.25, -0.2) is 0 Å². The number of H-pyrrole nitrogens is 1. The summed E-state index contributed by atoms with van der Waals surface area (Å²) in [6.07, 6.45) is 1.79. The molecule has 0 unspecified atom stereocenters. The Kier molecular flexibility index (Phi) is 4.56. The van der Waals surface area contributed by atoms with Crippen molar-refractivity contribution in [3.63, 3.8) is 0 Å². The molecule has 0 radical (unpaired) electrons. The molecule has 1 aromatic heterocycles. The van der Waals surface area contributed by atoms with Gasteiger partial charge in [-0.15, -0.1) is 10.2 Å². The number of nitrogens with zero attached hydrogens (tertiary/aromatic N) is 3. The van der Waals surface area contributed by atoms with Crippen LogP contribution in [0.4, 0.5) is 0 Å². The molecule has 1 amide bonds. The molecule has 0 aromatic carbocycles. The van der Waals surface area contributed by atoms with Gasteiger partial charge in [-0.1, -0.05) is 0 Å². The number of carbonyl (C=O) groups is 1. The van der Waals surface area contributed by atoms with Crippen LogP contribution < -0.4 is 5.32 Å². The number of hydrogen-bond donors (Lipinski definition) is 2. The van der Waals surface area contributed by atoms with E-state index in [1.165, 1.54) is 0 Å². The molecule has 0 bridgehead atoms. The standard InChI is InChI=1S/C7H13N5O2/c1-14-5-3-2-4-8-7(13)6-9-11-12-10-6/h2-5H2,1H3,(H,8,13)(H,9,10,11,12). The second kappa shape index (κ2) is 6.03. The highest BCUT2D eigenvalue weighted by atomic mass is 16.5. The molecular formula is C7H13N5O2. The average molecular weight is 199 g/mol. The zero-order chi connectivity index (χ0) is 10.2. The minimum absolute atomic E-state index is 0.0664. The summed E-state index contributed by atoms with van der Waals surface area (Å²) in [6.45, 7) is 1.30. The van der Waals surface area contributed by atoms with Gasteiger partial charge in [0.25, 0.3) is 11.7 Å². The third-order valence-electron chi connectivity index (χ3n) is 1.61. The summed E-state index contributed by atoms with van der Waals surface area (Å²) >= 11 is 0. The maximum atomic E-state index is 11.2. The third-order valence-corrected chi connectivity index (χ3v) is 1.61. The maximum absolute atomic E-state index is 11.2. The van der Waals surface area contributed by atoms with Crippen molar-refractivity contribution in [1.29, 1.82) is 0 Å². The summed E-state index contributed by atoms with van der Waals surface area (Å²) in [7, 11) is 1.65. The van der Waals surface area contributed by atoms with Gasteiger partial charge in [-0.2, -0.15) is 5.21 Å². The lowest BCUT2D eigenvalue weighted by atomic mass is 10.3. The van der Waals surface area contributed by atoms with Crippen molar-refractivity contribution < 1.29 is 9.53 Å². The van der Waals surface area contributed by atoms with Crippen LogP contribution >= 0.6 is 0 Å². The molecule has 1 rings (SSSR count). The molecule has 2 N–H and O–H groups in total. The van der Waals surface area contributed by atoms with Gasteiger partial charge in [-0.05, 0) is 18.1 Å². The van der Waals surface area contributed by atoms with E-state index in [1.807, 2.05) is 0 Å². The molecule has 14 heavy (non-hydrogen) atoms. The second-order valence-corrected chi connectivity index (χ2v) is 2.69. The van der Waals surface area contributed by atoms with Crippen LogP contribution in [-0.4, -0.2) is 46.8 Å². The molecular weight excluding hydrogens is 186 g/mol. The Morgan fingerprint density at radius 1 is 1.57 bits per heavy atom. The summed E-state index contributed by atoms with van der Waals surface area (Å²) in [4.78, 5) is 11.2. The smallest absolute Gasteiger partial charge is 0.292 e. The number of nitrogens with one attached hydrogen (secondary N) is 2. The van der Waals surface area contributed by atoms with Crippen molar-refractivity contribution in [2.45, 2.75) is 12.8 Å². The van der Waals surface area contributed by atoms with Crippen molar-refractivity contribution in [3.05, 3.63) is 5.82 Å². The summed E-state index contributed by atoms with van der Waals surface area (Å²) in [5.41, 5.74) is 0. The minimum atomic E-state index is -0.309. The number of ether oxygens (including phenoxy) is 1. The van der Waals surface area contributed by atoms with Gasteiger partial charge in [0.1, 0.15) is 0 Å². The van der Waals surface area contributed by atoms with E-state index in [1.54, 1.807) is 7.11 Å². The predicted molar refractivity (Wildman–Crippen MR) is 47.6 cm³/mol. The Morgan fingerprint density at radius 2 is 2.43 bits per heavy atom. The van der Waals surface area contributed by atoms with E-state index >= 15 is 0 Å². The van der Waals surface area contributed by atoms with Gasteiger partial charge < -0.3 is 10.1 Å². The Balaban J connectivity index is 2.10. The molecule has 0 aliphatic rings. The summed E-state index contributed by atoms with van der Waals surface area (Å²) in [5.74, 6) is -0.243. The number of tetrazole rings is 1. The monoisotopic (exact) mass is 199 g/mol. The van der Waals surface area contributed by atoms with Crippen LogP contribution in [0.25, 0.3) is 0 Å². The molecule has 78 valence electrons. The number of aromatic amines is 1. The minimum Gasteiger partial charge on any atom is -0.385 e. The first-order valence-corrected chi connectivity index (χ1v) is 4.35. The summed E-state index contributed by atoms with van der Waals surface area (Å²) in [6, 6.07) is 0. The van der Waals surface area contributed by atoms with Crippen molar-refractivity contribution in [3.8, 4) is 0 Å². The second-order valence-electron chi connectivity index (χ2n) is 2.69. The fourth-order valence-corrected chi connectivity index (χ4v) is 0.910. The topological polar surface area (TPSA) is 92.8 Å². The molecule has 0 aliphatic heterocycles. The maximum Gasteiger partial charge on any atom is 0.292 e. The van der Waals surface area contributed by atoms with E-state index in [0.29, 0.717) is 13.2 Å². The molecule has 0 atom stereocenters. The number of amides is 1. The van der Waals surface area contributed by atoms with Crippen molar-refractivity contribution >= 4 is 5.91 Å². The number of methoxy groups -OCH3 is 1. The van der Waals surface area contributed by atoms with Crippen LogP contribution in [0.1, 0.15) is 23.5 Å². The first-order chi connectivity index (χ1) is 6.84. The Labute approximate surface area is 81.2 Å². The van der Waals surface area contributed by atoms with Crippen molar-refractivity contribution in [2.24, 2.45) is 0 Å². The van der Waals surface area contributed by atoms with E-state index < -0.39 is 0 Å². The molecule has 0 aliphatic carbocycles. The number of unbranched alkanes of at least 4 members (excludes halogenated alkanes) is 1. The van der Waals surface area contributed by atoms with E-state index in [4.69, 9.17) is 4.74 Å². The molecule has 0 saturated carbocycles. The lowest BCUT2D eigenvalue weighted by Gasteiger charge is -2.01. The van der Waals surface area contributed by atoms with Crippen LogP contribution in [0.2, 0.25) is 0 Å². The van der Waals surface area contributed by atoms with E-state index in [2.05, 4.69) is 25.9 Å². The molecule has 1 heterocycles. The van der Waals surface area contributed by atoms with Gasteiger partial charge in [0, 0.05) is 20.3 Å². The van der Waals surface area contributed by atoms with Gasteiger partial charge in [0.2, 0.25) is 0 Å². The SMILES string of the molecule is COCCCCNC(=O)c1nn[nH]n1. The third kappa shape index (κ3) is 3.48. The highest BCUT2D eigenvalue weighted by molar-refractivity contribution is 5.89. The lowest BCUT2D eigenvalue weighted by molar-refractivity contribution is 0.0941. The van der Waals surface area contributed by atoms with Crippen LogP contribution in [-0.2, 0) is 4.74 Å². The highest BCUT2D eigenvalue weighted by Crippen LogP contribution is 1.88. The average Bonchev–Trinajstić information content (AvgIpc) is 2.70. The Bertz CT molecular complexity index is 261. The highest BCUT2D eigenvalue weighted by Gasteiger charge is 2.08. The number of hydrogen-bond acceptors (Lipinski definition) is 5. The van der Waals surface area contributed by atoms with Gasteiger partial charge in [0.05, 0.1) is 0 Å². The molecule has 0 spiro atoms. The molecule has 7 nitrogen and oxygen atoms in total. The zero-order valence-corrected chi connectivity index (χ0v) is 7.99. The molecule has 0 fully saturated rings. The largest absolute Gasteiger partial charge is 0.385 e. The first kappa shape index (κ1) is 10.6. The van der Waals surface area contributed by atoms with Gasteiger partial charge in [-0.3, -0.25) is 4.79 Å². The zero-order valence-electron chi connectivity index (χ0n) is 7.99. The summed E-state index contributed by atoms with van der Waals surface area (Å²) in [5, 5.41) is 15.3. The number of carbonyl (C=O) groups excluding carboxylic acids is 1. The fraction of sp³-hybridized carbons (Fsp3) is 0.714. The predicted octanol–water partition coefficient (Wildman–Crippen LogP) is -0.644. The van der Waals surface area contributed by atoms with E-state index in [-0.39, 0.29) is 11.7 Å². The number of aromatic nitrogens is 4. The molecule has 7 heteroatoms. The molecule has 0 saturated heterocycles. The van der Waals surface area contributed by atoms with Crippen molar-refractivity contribution in [1.82, 2.24) is 25.9 Å². The summed E-state index contributed by atoms with van der Waals surface area (Å²) < 4.78 is 4.87. The Morgan fingerprint density at radius 3 is 3.07 bits per heavy atom.